The van der Waals surface area contributed by atoms with E-state index in [4.69, 9.17) is 0 Å². The van der Waals surface area contributed by atoms with Gasteiger partial charge < -0.3 is 0 Å². The van der Waals surface area contributed by atoms with Gasteiger partial charge in [0.15, 0.2) is 0 Å². The van der Waals surface area contributed by atoms with Crippen molar-refractivity contribution in [1.29, 1.82) is 0 Å². The van der Waals surface area contributed by atoms with E-state index in [2.05, 4.69) is 70.5 Å². The molecule has 0 spiro atoms. The fourth-order valence-corrected chi connectivity index (χ4v) is 4.98. The van der Waals surface area contributed by atoms with E-state index in [-0.39, 0.29) is 0 Å². The summed E-state index contributed by atoms with van der Waals surface area (Å²) >= 11 is 2.30. The Bertz CT molecular complexity index is 676. The van der Waals surface area contributed by atoms with Gasteiger partial charge in [-0.2, -0.15) is 0 Å². The third-order valence-corrected chi connectivity index (χ3v) is 6.08. The SMILES string of the molecule is c1c[se]c(N2c3ccccc3Sc3ccccc32)c1. The van der Waals surface area contributed by atoms with Gasteiger partial charge in [-0.25, -0.2) is 0 Å². The summed E-state index contributed by atoms with van der Waals surface area (Å²) in [7, 11) is 0. The molecule has 0 saturated heterocycles. The van der Waals surface area contributed by atoms with Gasteiger partial charge in [0.2, 0.25) is 0 Å². The minimum absolute atomic E-state index is 0.433. The molecule has 3 heteroatoms. The third-order valence-electron chi connectivity index (χ3n) is 3.16. The number of hydrogen-bond acceptors (Lipinski definition) is 2. The summed E-state index contributed by atoms with van der Waals surface area (Å²) in [4.78, 5) is 7.37. The van der Waals surface area contributed by atoms with Crippen molar-refractivity contribution in [3.8, 4) is 0 Å². The van der Waals surface area contributed by atoms with E-state index < -0.39 is 0 Å². The number of rotatable bonds is 1. The third kappa shape index (κ3) is 1.86. The van der Waals surface area contributed by atoms with E-state index in [1.807, 2.05) is 11.8 Å². The molecular formula is C16H11NSSe. The van der Waals surface area contributed by atoms with Crippen molar-refractivity contribution < 1.29 is 0 Å². The average molecular weight is 328 g/mol. The Labute approximate surface area is 122 Å². The Morgan fingerprint density at radius 3 is 1.95 bits per heavy atom. The molecule has 92 valence electrons. The van der Waals surface area contributed by atoms with Gasteiger partial charge in [0.05, 0.1) is 0 Å². The van der Waals surface area contributed by atoms with E-state index in [0.717, 1.165) is 0 Å². The Balaban J connectivity index is 1.98. The normalized spacial score (nSPS) is 12.9. The van der Waals surface area contributed by atoms with Gasteiger partial charge in [0, 0.05) is 0 Å². The van der Waals surface area contributed by atoms with E-state index >= 15 is 0 Å². The van der Waals surface area contributed by atoms with Crippen LogP contribution >= 0.6 is 11.8 Å². The Morgan fingerprint density at radius 2 is 1.37 bits per heavy atom. The summed E-state index contributed by atoms with van der Waals surface area (Å²) < 4.78 is 1.41. The minimum atomic E-state index is 0.433. The van der Waals surface area contributed by atoms with Crippen molar-refractivity contribution in [3.63, 3.8) is 0 Å². The predicted molar refractivity (Wildman–Crippen MR) is 82.2 cm³/mol. The topological polar surface area (TPSA) is 3.24 Å². The molecule has 1 aliphatic rings. The van der Waals surface area contributed by atoms with Crippen LogP contribution in [0.5, 0.6) is 0 Å². The molecule has 0 atom stereocenters. The molecule has 0 unspecified atom stereocenters. The Kier molecular flexibility index (Phi) is 2.77. The first kappa shape index (κ1) is 11.4. The van der Waals surface area contributed by atoms with Gasteiger partial charge in [0.25, 0.3) is 0 Å². The maximum atomic E-state index is 2.42. The molecule has 0 bridgehead atoms. The van der Waals surface area contributed by atoms with E-state index in [1.165, 1.54) is 25.7 Å². The van der Waals surface area contributed by atoms with Crippen LogP contribution in [-0.4, -0.2) is 14.5 Å². The molecule has 4 rings (SSSR count). The molecule has 1 aliphatic heterocycles. The molecule has 2 aromatic carbocycles. The number of anilines is 3. The van der Waals surface area contributed by atoms with Crippen LogP contribution in [0, 0.1) is 0 Å². The first-order valence-corrected chi connectivity index (χ1v) is 8.79. The van der Waals surface area contributed by atoms with E-state index in [1.54, 1.807) is 0 Å². The van der Waals surface area contributed by atoms with Crippen molar-refractivity contribution in [3.05, 3.63) is 65.6 Å². The van der Waals surface area contributed by atoms with Gasteiger partial charge in [-0.3, -0.25) is 0 Å². The van der Waals surface area contributed by atoms with Crippen LogP contribution in [0.3, 0.4) is 0 Å². The number of fused-ring (bicyclic) bond motifs is 2. The molecule has 1 aromatic heterocycles. The number of para-hydroxylation sites is 2. The molecule has 0 amide bonds. The summed E-state index contributed by atoms with van der Waals surface area (Å²) in [6.45, 7) is 0. The van der Waals surface area contributed by atoms with Gasteiger partial charge in [-0.05, 0) is 0 Å². The monoisotopic (exact) mass is 329 g/mol. The van der Waals surface area contributed by atoms with Gasteiger partial charge >= 0.3 is 122 Å². The number of benzene rings is 2. The molecule has 3 aromatic rings. The van der Waals surface area contributed by atoms with Crippen molar-refractivity contribution in [2.24, 2.45) is 0 Å². The van der Waals surface area contributed by atoms with Crippen LogP contribution in [0.15, 0.2) is 75.4 Å². The maximum absolute atomic E-state index is 2.42. The Hall–Kier alpha value is -1.41. The summed E-state index contributed by atoms with van der Waals surface area (Å²) in [5.41, 5.74) is 2.62. The van der Waals surface area contributed by atoms with Crippen LogP contribution in [0.25, 0.3) is 0 Å². The number of hydrogen-bond donors (Lipinski definition) is 0. The second kappa shape index (κ2) is 4.60. The quantitative estimate of drug-likeness (QED) is 0.467. The molecule has 0 radical (unpaired) electrons. The summed E-state index contributed by atoms with van der Waals surface area (Å²) in [6.07, 6.45) is 0. The second-order valence-electron chi connectivity index (χ2n) is 4.32. The first-order valence-electron chi connectivity index (χ1n) is 6.13. The zero-order chi connectivity index (χ0) is 12.7. The first-order chi connectivity index (χ1) is 9.43. The van der Waals surface area contributed by atoms with Gasteiger partial charge in [0.1, 0.15) is 0 Å². The standard InChI is InChI=1S/C16H11NSSe/c1-3-8-14-12(6-1)17(16-10-5-11-19-16)13-7-2-4-9-15(13)18-14/h1-11H. The van der Waals surface area contributed by atoms with Crippen molar-refractivity contribution in [2.45, 2.75) is 9.79 Å². The average Bonchev–Trinajstić information content (AvgIpc) is 2.98. The van der Waals surface area contributed by atoms with Crippen LogP contribution in [0.4, 0.5) is 15.9 Å². The number of nitrogens with zero attached hydrogens (tertiary/aromatic N) is 1. The molecule has 0 fully saturated rings. The molecule has 0 N–H and O–H groups in total. The molecule has 1 nitrogen and oxygen atoms in total. The van der Waals surface area contributed by atoms with Crippen LogP contribution in [0.2, 0.25) is 0 Å². The fourth-order valence-electron chi connectivity index (χ4n) is 2.34. The predicted octanol–water partition coefficient (Wildman–Crippen LogP) is 4.68. The fraction of sp³-hybridized carbons (Fsp3) is 0. The van der Waals surface area contributed by atoms with Gasteiger partial charge in [-0.15, -0.1) is 0 Å². The van der Waals surface area contributed by atoms with Crippen molar-refractivity contribution in [1.82, 2.24) is 0 Å². The van der Waals surface area contributed by atoms with Crippen molar-refractivity contribution in [2.75, 3.05) is 4.90 Å². The Morgan fingerprint density at radius 1 is 0.737 bits per heavy atom. The zero-order valence-electron chi connectivity index (χ0n) is 10.1. The molecule has 2 heterocycles. The van der Waals surface area contributed by atoms with Gasteiger partial charge in [-0.1, -0.05) is 0 Å². The summed E-state index contributed by atoms with van der Waals surface area (Å²) in [5, 5.41) is 0. The summed E-state index contributed by atoms with van der Waals surface area (Å²) in [6, 6.07) is 21.7. The molecule has 0 saturated carbocycles. The van der Waals surface area contributed by atoms with Crippen LogP contribution < -0.4 is 4.90 Å². The van der Waals surface area contributed by atoms with E-state index in [0.29, 0.717) is 14.5 Å². The molecule has 0 aliphatic carbocycles. The molecular weight excluding hydrogens is 317 g/mol. The zero-order valence-corrected chi connectivity index (χ0v) is 12.6. The van der Waals surface area contributed by atoms with Crippen LogP contribution in [0.1, 0.15) is 0 Å². The second-order valence-corrected chi connectivity index (χ2v) is 7.35. The molecule has 19 heavy (non-hydrogen) atoms. The van der Waals surface area contributed by atoms with Crippen molar-refractivity contribution >= 4 is 42.2 Å². The summed E-state index contributed by atoms with van der Waals surface area (Å²) in [5.74, 6) is 0. The van der Waals surface area contributed by atoms with E-state index in [9.17, 15) is 0 Å². The van der Waals surface area contributed by atoms with Crippen LogP contribution in [-0.2, 0) is 0 Å².